The summed E-state index contributed by atoms with van der Waals surface area (Å²) in [6.07, 6.45) is 2.86. The molecule has 0 heterocycles. The zero-order valence-corrected chi connectivity index (χ0v) is 11.6. The van der Waals surface area contributed by atoms with E-state index in [1.165, 1.54) is 0 Å². The maximum Gasteiger partial charge on any atom is 0.227 e. The Bertz CT molecular complexity index is 259. The van der Waals surface area contributed by atoms with Gasteiger partial charge in [-0.25, -0.2) is 0 Å². The Kier molecular flexibility index (Phi) is 4.95. The van der Waals surface area contributed by atoms with Crippen LogP contribution in [-0.4, -0.2) is 44.0 Å². The number of amides is 1. The van der Waals surface area contributed by atoms with Crippen molar-refractivity contribution in [2.45, 2.75) is 39.2 Å². The van der Waals surface area contributed by atoms with Crippen LogP contribution in [0.15, 0.2) is 0 Å². The van der Waals surface area contributed by atoms with E-state index in [0.29, 0.717) is 12.5 Å². The Labute approximate surface area is 105 Å². The Morgan fingerprint density at radius 1 is 1.53 bits per heavy atom. The van der Waals surface area contributed by atoms with Gasteiger partial charge in [-0.05, 0) is 52.7 Å². The standard InChI is InChI=1S/C13H27N3O/c1-10-7-13(8-10,9-14)12(17)15-11(2)5-6-16(3)4/h10-11H,5-9,14H2,1-4H3,(H,15,17). The minimum atomic E-state index is -0.272. The van der Waals surface area contributed by atoms with Crippen LogP contribution in [0.3, 0.4) is 0 Å². The van der Waals surface area contributed by atoms with E-state index in [0.717, 1.165) is 25.8 Å². The molecule has 0 aromatic rings. The molecule has 1 atom stereocenters. The summed E-state index contributed by atoms with van der Waals surface area (Å²) in [6, 6.07) is 0.226. The largest absolute Gasteiger partial charge is 0.353 e. The second-order valence-electron chi connectivity index (χ2n) is 5.96. The third-order valence-corrected chi connectivity index (χ3v) is 3.74. The lowest BCUT2D eigenvalue weighted by Crippen LogP contribution is -2.55. The van der Waals surface area contributed by atoms with Gasteiger partial charge < -0.3 is 16.0 Å². The first kappa shape index (κ1) is 14.5. The van der Waals surface area contributed by atoms with Crippen LogP contribution < -0.4 is 11.1 Å². The fourth-order valence-corrected chi connectivity index (χ4v) is 2.62. The first-order valence-corrected chi connectivity index (χ1v) is 6.55. The van der Waals surface area contributed by atoms with Crippen molar-refractivity contribution >= 4 is 5.91 Å². The van der Waals surface area contributed by atoms with E-state index in [2.05, 4.69) is 24.1 Å². The molecule has 1 aliphatic carbocycles. The fourth-order valence-electron chi connectivity index (χ4n) is 2.62. The smallest absolute Gasteiger partial charge is 0.227 e. The van der Waals surface area contributed by atoms with Gasteiger partial charge in [0.05, 0.1) is 5.41 Å². The Morgan fingerprint density at radius 2 is 2.12 bits per heavy atom. The zero-order chi connectivity index (χ0) is 13.1. The summed E-state index contributed by atoms with van der Waals surface area (Å²) in [7, 11) is 4.09. The molecule has 0 aromatic heterocycles. The fraction of sp³-hybridized carbons (Fsp3) is 0.923. The van der Waals surface area contributed by atoms with Crippen LogP contribution in [-0.2, 0) is 4.79 Å². The van der Waals surface area contributed by atoms with Crippen LogP contribution >= 0.6 is 0 Å². The number of nitrogens with one attached hydrogen (secondary N) is 1. The molecular formula is C13H27N3O. The molecule has 0 radical (unpaired) electrons. The number of nitrogens with two attached hydrogens (primary N) is 1. The molecule has 3 N–H and O–H groups in total. The lowest BCUT2D eigenvalue weighted by atomic mass is 9.62. The van der Waals surface area contributed by atoms with Gasteiger partial charge in [-0.15, -0.1) is 0 Å². The van der Waals surface area contributed by atoms with Crippen LogP contribution in [0.1, 0.15) is 33.1 Å². The average Bonchev–Trinajstić information content (AvgIpc) is 2.21. The van der Waals surface area contributed by atoms with Gasteiger partial charge in [0.25, 0.3) is 0 Å². The second kappa shape index (κ2) is 5.83. The highest BCUT2D eigenvalue weighted by Gasteiger charge is 2.47. The molecule has 0 spiro atoms. The summed E-state index contributed by atoms with van der Waals surface area (Å²) >= 11 is 0. The van der Waals surface area contributed by atoms with E-state index in [4.69, 9.17) is 5.73 Å². The third-order valence-electron chi connectivity index (χ3n) is 3.74. The van der Waals surface area contributed by atoms with Gasteiger partial charge in [-0.2, -0.15) is 0 Å². The van der Waals surface area contributed by atoms with Crippen molar-refractivity contribution in [2.24, 2.45) is 17.1 Å². The predicted octanol–water partition coefficient (Wildman–Crippen LogP) is 0.818. The van der Waals surface area contributed by atoms with Crippen LogP contribution in [0.4, 0.5) is 0 Å². The van der Waals surface area contributed by atoms with E-state index >= 15 is 0 Å². The van der Waals surface area contributed by atoms with Crippen LogP contribution in [0, 0.1) is 11.3 Å². The lowest BCUT2D eigenvalue weighted by molar-refractivity contribution is -0.138. The Hall–Kier alpha value is -0.610. The minimum absolute atomic E-state index is 0.157. The van der Waals surface area contributed by atoms with Gasteiger partial charge in [-0.1, -0.05) is 6.92 Å². The first-order chi connectivity index (χ1) is 7.89. The molecule has 0 aliphatic heterocycles. The van der Waals surface area contributed by atoms with Crippen LogP contribution in [0.25, 0.3) is 0 Å². The van der Waals surface area contributed by atoms with Gasteiger partial charge in [0, 0.05) is 12.6 Å². The molecule has 100 valence electrons. The van der Waals surface area contributed by atoms with E-state index < -0.39 is 0 Å². The van der Waals surface area contributed by atoms with Crippen LogP contribution in [0.5, 0.6) is 0 Å². The number of hydrogen-bond acceptors (Lipinski definition) is 3. The van der Waals surface area contributed by atoms with E-state index in [9.17, 15) is 4.79 Å². The quantitative estimate of drug-likeness (QED) is 0.724. The van der Waals surface area contributed by atoms with Crippen LogP contribution in [0.2, 0.25) is 0 Å². The highest BCUT2D eigenvalue weighted by atomic mass is 16.2. The maximum atomic E-state index is 12.2. The summed E-state index contributed by atoms with van der Waals surface area (Å²) in [6.45, 7) is 5.71. The normalized spacial score (nSPS) is 29.9. The summed E-state index contributed by atoms with van der Waals surface area (Å²) in [5.74, 6) is 0.797. The van der Waals surface area contributed by atoms with E-state index in [-0.39, 0.29) is 17.4 Å². The lowest BCUT2D eigenvalue weighted by Gasteiger charge is -2.44. The van der Waals surface area contributed by atoms with Crippen molar-refractivity contribution in [3.05, 3.63) is 0 Å². The molecule has 0 bridgehead atoms. The Balaban J connectivity index is 2.37. The van der Waals surface area contributed by atoms with Gasteiger partial charge in [-0.3, -0.25) is 4.79 Å². The topological polar surface area (TPSA) is 58.4 Å². The van der Waals surface area contributed by atoms with Crippen molar-refractivity contribution in [1.82, 2.24) is 10.2 Å². The monoisotopic (exact) mass is 241 g/mol. The summed E-state index contributed by atoms with van der Waals surface area (Å²) in [5.41, 5.74) is 5.49. The van der Waals surface area contributed by atoms with Crippen molar-refractivity contribution in [3.63, 3.8) is 0 Å². The molecule has 1 fully saturated rings. The predicted molar refractivity (Wildman–Crippen MR) is 70.7 cm³/mol. The molecule has 4 nitrogen and oxygen atoms in total. The number of nitrogens with zero attached hydrogens (tertiary/aromatic N) is 1. The van der Waals surface area contributed by atoms with Gasteiger partial charge in [0.1, 0.15) is 0 Å². The third kappa shape index (κ3) is 3.68. The van der Waals surface area contributed by atoms with Gasteiger partial charge in [0.2, 0.25) is 5.91 Å². The maximum absolute atomic E-state index is 12.2. The molecule has 0 saturated heterocycles. The number of carbonyl (C=O) groups is 1. The highest BCUT2D eigenvalue weighted by Crippen LogP contribution is 2.44. The molecule has 1 amide bonds. The molecule has 4 heteroatoms. The van der Waals surface area contributed by atoms with Crippen molar-refractivity contribution < 1.29 is 4.79 Å². The van der Waals surface area contributed by atoms with Gasteiger partial charge in [0.15, 0.2) is 0 Å². The molecule has 1 saturated carbocycles. The number of carbonyl (C=O) groups excluding carboxylic acids is 1. The molecule has 0 aromatic carbocycles. The zero-order valence-electron chi connectivity index (χ0n) is 11.6. The molecule has 17 heavy (non-hydrogen) atoms. The molecular weight excluding hydrogens is 214 g/mol. The second-order valence-corrected chi connectivity index (χ2v) is 5.96. The van der Waals surface area contributed by atoms with Crippen molar-refractivity contribution in [3.8, 4) is 0 Å². The van der Waals surface area contributed by atoms with Crippen molar-refractivity contribution in [1.29, 1.82) is 0 Å². The first-order valence-electron chi connectivity index (χ1n) is 6.55. The summed E-state index contributed by atoms with van der Waals surface area (Å²) in [4.78, 5) is 14.3. The average molecular weight is 241 g/mol. The van der Waals surface area contributed by atoms with Gasteiger partial charge >= 0.3 is 0 Å². The van der Waals surface area contributed by atoms with E-state index in [1.54, 1.807) is 0 Å². The summed E-state index contributed by atoms with van der Waals surface area (Å²) < 4.78 is 0. The Morgan fingerprint density at radius 3 is 2.53 bits per heavy atom. The van der Waals surface area contributed by atoms with Crippen molar-refractivity contribution in [2.75, 3.05) is 27.2 Å². The molecule has 1 unspecified atom stereocenters. The number of rotatable bonds is 6. The highest BCUT2D eigenvalue weighted by molar-refractivity contribution is 5.84. The molecule has 1 rings (SSSR count). The van der Waals surface area contributed by atoms with E-state index in [1.807, 2.05) is 14.1 Å². The minimum Gasteiger partial charge on any atom is -0.353 e. The molecule has 1 aliphatic rings. The summed E-state index contributed by atoms with van der Waals surface area (Å²) in [5, 5.41) is 3.10. The number of hydrogen-bond donors (Lipinski definition) is 2. The SMILES string of the molecule is CC1CC(CN)(C(=O)NC(C)CCN(C)C)C1.